The zero-order valence-electron chi connectivity index (χ0n) is 15.2. The van der Waals surface area contributed by atoms with Gasteiger partial charge in [-0.3, -0.25) is 9.39 Å². The molecular weight excluding hydrogens is 359 g/mol. The molecule has 27 heavy (non-hydrogen) atoms. The number of pyridine rings is 1. The molecule has 0 amide bonds. The number of nitrogens with one attached hydrogen (secondary N) is 1. The topological polar surface area (TPSA) is 62.8 Å². The standard InChI is InChI=1S/C17H20F3N7/c1-21-16(26(3)11-13-5-4-8-25(13)2)22-9-15-24-23-14-7-6-12(10-27(14)15)17(18,19)20/h4-8,10H,9,11H2,1-3H3,(H,21,22). The normalized spacial score (nSPS) is 12.6. The van der Waals surface area contributed by atoms with Gasteiger partial charge in [0.15, 0.2) is 17.4 Å². The first-order valence-corrected chi connectivity index (χ1v) is 8.22. The third-order valence-electron chi connectivity index (χ3n) is 4.23. The zero-order valence-corrected chi connectivity index (χ0v) is 15.2. The summed E-state index contributed by atoms with van der Waals surface area (Å²) in [6, 6.07) is 6.26. The van der Waals surface area contributed by atoms with Crippen LogP contribution in [0.25, 0.3) is 5.65 Å². The van der Waals surface area contributed by atoms with Crippen molar-refractivity contribution in [2.45, 2.75) is 19.3 Å². The van der Waals surface area contributed by atoms with Gasteiger partial charge in [-0.15, -0.1) is 10.2 Å². The van der Waals surface area contributed by atoms with E-state index in [9.17, 15) is 13.2 Å². The predicted octanol–water partition coefficient (Wildman–Crippen LogP) is 2.29. The molecule has 0 fully saturated rings. The third-order valence-corrected chi connectivity index (χ3v) is 4.23. The van der Waals surface area contributed by atoms with Gasteiger partial charge in [-0.2, -0.15) is 13.2 Å². The lowest BCUT2D eigenvalue weighted by Crippen LogP contribution is -2.38. The number of halogens is 3. The van der Waals surface area contributed by atoms with Gasteiger partial charge < -0.3 is 14.8 Å². The Morgan fingerprint density at radius 3 is 2.67 bits per heavy atom. The fourth-order valence-electron chi connectivity index (χ4n) is 2.75. The van der Waals surface area contributed by atoms with Gasteiger partial charge in [-0.1, -0.05) is 0 Å². The Balaban J connectivity index is 1.74. The molecule has 1 N–H and O–H groups in total. The van der Waals surface area contributed by atoms with Crippen molar-refractivity contribution in [2.75, 3.05) is 14.1 Å². The molecule has 0 unspecified atom stereocenters. The Hall–Kier alpha value is -3.04. The number of aliphatic imine (C=N–C) groups is 1. The molecule has 0 aliphatic carbocycles. The minimum atomic E-state index is -4.42. The number of guanidine groups is 1. The summed E-state index contributed by atoms with van der Waals surface area (Å²) in [5.41, 5.74) is 0.705. The van der Waals surface area contributed by atoms with Gasteiger partial charge in [-0.25, -0.2) is 0 Å². The van der Waals surface area contributed by atoms with Crippen molar-refractivity contribution in [1.29, 1.82) is 0 Å². The molecule has 0 saturated heterocycles. The fraction of sp³-hybridized carbons (Fsp3) is 0.353. The van der Waals surface area contributed by atoms with E-state index in [1.807, 2.05) is 41.9 Å². The van der Waals surface area contributed by atoms with Crippen molar-refractivity contribution in [3.8, 4) is 0 Å². The monoisotopic (exact) mass is 379 g/mol. The van der Waals surface area contributed by atoms with E-state index in [4.69, 9.17) is 0 Å². The first-order chi connectivity index (χ1) is 12.8. The molecule has 0 aliphatic heterocycles. The van der Waals surface area contributed by atoms with Crippen LogP contribution in [-0.2, 0) is 26.3 Å². The maximum absolute atomic E-state index is 12.9. The maximum atomic E-state index is 12.9. The van der Waals surface area contributed by atoms with E-state index in [1.54, 1.807) is 7.05 Å². The summed E-state index contributed by atoms with van der Waals surface area (Å²) in [5.74, 6) is 0.962. The molecule has 7 nitrogen and oxygen atoms in total. The summed E-state index contributed by atoms with van der Waals surface area (Å²) in [7, 11) is 5.49. The highest BCUT2D eigenvalue weighted by molar-refractivity contribution is 5.79. The van der Waals surface area contributed by atoms with Gasteiger partial charge in [0.2, 0.25) is 0 Å². The van der Waals surface area contributed by atoms with Crippen LogP contribution in [-0.4, -0.2) is 44.1 Å². The van der Waals surface area contributed by atoms with E-state index in [0.29, 0.717) is 24.0 Å². The maximum Gasteiger partial charge on any atom is 0.417 e. The smallest absolute Gasteiger partial charge is 0.353 e. The van der Waals surface area contributed by atoms with Crippen molar-refractivity contribution in [1.82, 2.24) is 29.4 Å². The van der Waals surface area contributed by atoms with Gasteiger partial charge in [0.1, 0.15) is 0 Å². The second-order valence-electron chi connectivity index (χ2n) is 6.13. The fourth-order valence-corrected chi connectivity index (χ4v) is 2.75. The van der Waals surface area contributed by atoms with E-state index in [-0.39, 0.29) is 6.54 Å². The number of aryl methyl sites for hydroxylation is 1. The van der Waals surface area contributed by atoms with Gasteiger partial charge in [0.25, 0.3) is 0 Å². The molecule has 0 saturated carbocycles. The summed E-state index contributed by atoms with van der Waals surface area (Å²) in [6.07, 6.45) is -1.46. The van der Waals surface area contributed by atoms with Crippen molar-refractivity contribution in [3.63, 3.8) is 0 Å². The van der Waals surface area contributed by atoms with Crippen LogP contribution in [0.3, 0.4) is 0 Å². The number of hydrogen-bond donors (Lipinski definition) is 1. The van der Waals surface area contributed by atoms with Crippen molar-refractivity contribution in [2.24, 2.45) is 12.0 Å². The molecular formula is C17H20F3N7. The summed E-state index contributed by atoms with van der Waals surface area (Å²) in [4.78, 5) is 6.14. The Kier molecular flexibility index (Phi) is 5.06. The Morgan fingerprint density at radius 2 is 2.04 bits per heavy atom. The van der Waals surface area contributed by atoms with Crippen LogP contribution in [0.4, 0.5) is 13.2 Å². The first kappa shape index (κ1) is 18.7. The number of alkyl halides is 3. The lowest BCUT2D eigenvalue weighted by Gasteiger charge is -2.22. The van der Waals surface area contributed by atoms with Crippen LogP contribution in [0.1, 0.15) is 17.1 Å². The Morgan fingerprint density at radius 1 is 1.26 bits per heavy atom. The van der Waals surface area contributed by atoms with Gasteiger partial charge in [-0.05, 0) is 24.3 Å². The van der Waals surface area contributed by atoms with Crippen molar-refractivity contribution >= 4 is 11.6 Å². The van der Waals surface area contributed by atoms with Crippen LogP contribution in [0.15, 0.2) is 41.7 Å². The van der Waals surface area contributed by atoms with E-state index in [2.05, 4.69) is 20.5 Å². The van der Waals surface area contributed by atoms with Crippen LogP contribution >= 0.6 is 0 Å². The molecule has 0 aromatic carbocycles. The SMILES string of the molecule is CN=C(NCc1nnc2ccc(C(F)(F)F)cn12)N(C)Cc1cccn1C. The molecule has 0 atom stereocenters. The minimum Gasteiger partial charge on any atom is -0.353 e. The number of hydrogen-bond acceptors (Lipinski definition) is 3. The third kappa shape index (κ3) is 4.04. The lowest BCUT2D eigenvalue weighted by atomic mass is 10.3. The van der Waals surface area contributed by atoms with E-state index >= 15 is 0 Å². The highest BCUT2D eigenvalue weighted by atomic mass is 19.4. The molecule has 10 heteroatoms. The lowest BCUT2D eigenvalue weighted by molar-refractivity contribution is -0.137. The molecule has 0 spiro atoms. The summed E-state index contributed by atoms with van der Waals surface area (Å²) in [6.45, 7) is 0.814. The van der Waals surface area contributed by atoms with Gasteiger partial charge in [0.05, 0.1) is 18.7 Å². The largest absolute Gasteiger partial charge is 0.417 e. The highest BCUT2D eigenvalue weighted by Crippen LogP contribution is 2.29. The first-order valence-electron chi connectivity index (χ1n) is 8.22. The molecule has 0 radical (unpaired) electrons. The van der Waals surface area contributed by atoms with Gasteiger partial charge >= 0.3 is 6.18 Å². The van der Waals surface area contributed by atoms with Gasteiger partial charge in [0, 0.05) is 39.2 Å². The minimum absolute atomic E-state index is 0.187. The summed E-state index contributed by atoms with van der Waals surface area (Å²) < 4.78 is 42.2. The Bertz CT molecular complexity index is 955. The predicted molar refractivity (Wildman–Crippen MR) is 95.1 cm³/mol. The molecule has 3 aromatic heterocycles. The molecule has 3 heterocycles. The van der Waals surface area contributed by atoms with Crippen molar-refractivity contribution in [3.05, 3.63) is 53.7 Å². The van der Waals surface area contributed by atoms with E-state index in [0.717, 1.165) is 18.0 Å². The van der Waals surface area contributed by atoms with Crippen LogP contribution in [0, 0.1) is 0 Å². The van der Waals surface area contributed by atoms with Crippen LogP contribution in [0.5, 0.6) is 0 Å². The second-order valence-corrected chi connectivity index (χ2v) is 6.13. The number of fused-ring (bicyclic) bond motifs is 1. The number of aromatic nitrogens is 4. The summed E-state index contributed by atoms with van der Waals surface area (Å²) >= 11 is 0. The average molecular weight is 379 g/mol. The van der Waals surface area contributed by atoms with E-state index in [1.165, 1.54) is 10.5 Å². The number of nitrogens with zero attached hydrogens (tertiary/aromatic N) is 6. The molecule has 3 rings (SSSR count). The zero-order chi connectivity index (χ0) is 19.6. The van der Waals surface area contributed by atoms with Crippen LogP contribution < -0.4 is 5.32 Å². The second kappa shape index (κ2) is 7.29. The average Bonchev–Trinajstić information content (AvgIpc) is 3.21. The molecule has 0 aliphatic rings. The molecule has 3 aromatic rings. The highest BCUT2D eigenvalue weighted by Gasteiger charge is 2.31. The summed E-state index contributed by atoms with van der Waals surface area (Å²) in [5, 5.41) is 11.0. The van der Waals surface area contributed by atoms with E-state index < -0.39 is 11.7 Å². The van der Waals surface area contributed by atoms with Crippen LogP contribution in [0.2, 0.25) is 0 Å². The molecule has 144 valence electrons. The molecule has 0 bridgehead atoms. The Labute approximate surface area is 154 Å². The number of rotatable bonds is 4. The van der Waals surface area contributed by atoms with Crippen molar-refractivity contribution < 1.29 is 13.2 Å². The quantitative estimate of drug-likeness (QED) is 0.558.